The largest absolute Gasteiger partial charge is 0.416 e. The molecular weight excluding hydrogens is 626 g/mol. The summed E-state index contributed by atoms with van der Waals surface area (Å²) >= 11 is 0. The van der Waals surface area contributed by atoms with Crippen LogP contribution in [0.3, 0.4) is 0 Å². The molecule has 47 heavy (non-hydrogen) atoms. The van der Waals surface area contributed by atoms with Crippen LogP contribution < -0.4 is 0 Å². The molecule has 13 heteroatoms. The van der Waals surface area contributed by atoms with Gasteiger partial charge in [0.2, 0.25) is 5.91 Å². The van der Waals surface area contributed by atoms with Crippen molar-refractivity contribution in [3.63, 3.8) is 0 Å². The molecule has 4 aliphatic heterocycles. The van der Waals surface area contributed by atoms with Gasteiger partial charge in [0.05, 0.1) is 23.7 Å². The monoisotopic (exact) mass is 666 g/mol. The van der Waals surface area contributed by atoms with Crippen LogP contribution >= 0.6 is 0 Å². The van der Waals surface area contributed by atoms with Gasteiger partial charge in [-0.15, -0.1) is 0 Å². The molecule has 0 aliphatic carbocycles. The van der Waals surface area contributed by atoms with Gasteiger partial charge in [-0.1, -0.05) is 30.3 Å². The van der Waals surface area contributed by atoms with Crippen molar-refractivity contribution < 1.29 is 40.7 Å². The Morgan fingerprint density at radius 1 is 0.766 bits per heavy atom. The number of hydrogen-bond donors (Lipinski definition) is 0. The average molecular weight is 667 g/mol. The number of hydrogen-bond acceptors (Lipinski definition) is 5. The van der Waals surface area contributed by atoms with Gasteiger partial charge in [-0.05, 0) is 55.9 Å². The SMILES string of the molecule is O=C(C1CCOC1)N1CCC(N2CCN(C3CCN(C(=O)c4cc(C(F)(F)F)cc(C(F)(F)F)c4)C(Cc4ccccc4)C3)CC2)C1. The lowest BCUT2D eigenvalue weighted by Crippen LogP contribution is -2.58. The number of piperidine rings is 1. The number of nitrogens with zero attached hydrogens (tertiary/aromatic N) is 4. The maximum Gasteiger partial charge on any atom is 0.416 e. The van der Waals surface area contributed by atoms with Crippen LogP contribution in [0, 0.1) is 5.92 Å². The number of carbonyl (C=O) groups excluding carboxylic acids is 2. The Labute approximate surface area is 270 Å². The van der Waals surface area contributed by atoms with E-state index < -0.39 is 41.0 Å². The molecule has 4 unspecified atom stereocenters. The molecule has 4 fully saturated rings. The first kappa shape index (κ1) is 33.7. The molecule has 4 atom stereocenters. The maximum absolute atomic E-state index is 13.7. The Morgan fingerprint density at radius 2 is 1.38 bits per heavy atom. The number of alkyl halides is 6. The van der Waals surface area contributed by atoms with E-state index >= 15 is 0 Å². The van der Waals surface area contributed by atoms with E-state index in [4.69, 9.17) is 4.74 Å². The van der Waals surface area contributed by atoms with E-state index in [1.165, 1.54) is 4.90 Å². The molecule has 2 aromatic carbocycles. The maximum atomic E-state index is 13.7. The third kappa shape index (κ3) is 7.78. The molecule has 0 aromatic heterocycles. The van der Waals surface area contributed by atoms with Gasteiger partial charge in [-0.3, -0.25) is 19.4 Å². The van der Waals surface area contributed by atoms with Crippen molar-refractivity contribution in [3.05, 3.63) is 70.8 Å². The third-order valence-corrected chi connectivity index (χ3v) is 10.2. The molecule has 2 aromatic rings. The average Bonchev–Trinajstić information content (AvgIpc) is 3.77. The van der Waals surface area contributed by atoms with Crippen LogP contribution in [0.4, 0.5) is 26.3 Å². The third-order valence-electron chi connectivity index (χ3n) is 10.2. The van der Waals surface area contributed by atoms with Gasteiger partial charge in [0, 0.05) is 76.1 Å². The fraction of sp³-hybridized carbons (Fsp3) is 0.588. The van der Waals surface area contributed by atoms with Crippen LogP contribution in [-0.2, 0) is 28.3 Å². The highest BCUT2D eigenvalue weighted by atomic mass is 19.4. The lowest BCUT2D eigenvalue weighted by Gasteiger charge is -2.47. The summed E-state index contributed by atoms with van der Waals surface area (Å²) in [5.74, 6) is -0.670. The first-order chi connectivity index (χ1) is 22.4. The fourth-order valence-electron chi connectivity index (χ4n) is 7.65. The molecule has 2 amide bonds. The number of amides is 2. The Bertz CT molecular complexity index is 1370. The highest BCUT2D eigenvalue weighted by Gasteiger charge is 2.41. The standard InChI is InChI=1S/C34H40F6N4O3/c35-33(36,37)26-17-25(18-27(19-26)34(38,39)40)32(46)44-10-7-28(20-30(44)16-23-4-2-1-3-5-23)41-11-13-42(14-12-41)29-6-9-43(21-29)31(45)24-8-15-47-22-24/h1-5,17-19,24,28-30H,6-16,20-22H2. The molecule has 0 radical (unpaired) electrons. The summed E-state index contributed by atoms with van der Waals surface area (Å²) in [6.07, 6.45) is -6.80. The molecule has 0 saturated carbocycles. The summed E-state index contributed by atoms with van der Waals surface area (Å²) in [4.78, 5) is 34.9. The minimum Gasteiger partial charge on any atom is -0.381 e. The van der Waals surface area contributed by atoms with E-state index in [1.807, 2.05) is 35.2 Å². The van der Waals surface area contributed by atoms with E-state index in [2.05, 4.69) is 9.80 Å². The van der Waals surface area contributed by atoms with Crippen molar-refractivity contribution in [1.82, 2.24) is 19.6 Å². The molecular formula is C34H40F6N4O3. The van der Waals surface area contributed by atoms with Gasteiger partial charge >= 0.3 is 12.4 Å². The Hall–Kier alpha value is -3.16. The number of halogens is 6. The number of ether oxygens (including phenoxy) is 1. The summed E-state index contributed by atoms with van der Waals surface area (Å²) in [6, 6.07) is 10.5. The second-order valence-corrected chi connectivity index (χ2v) is 13.2. The molecule has 7 nitrogen and oxygen atoms in total. The summed E-state index contributed by atoms with van der Waals surface area (Å²) in [5.41, 5.74) is -2.66. The zero-order valence-corrected chi connectivity index (χ0v) is 26.1. The Balaban J connectivity index is 1.13. The molecule has 4 saturated heterocycles. The first-order valence-electron chi connectivity index (χ1n) is 16.4. The zero-order valence-electron chi connectivity index (χ0n) is 26.1. The molecule has 0 spiro atoms. The first-order valence-corrected chi connectivity index (χ1v) is 16.4. The van der Waals surface area contributed by atoms with Crippen molar-refractivity contribution in [1.29, 1.82) is 0 Å². The minimum atomic E-state index is -5.04. The molecule has 0 N–H and O–H groups in total. The van der Waals surface area contributed by atoms with E-state index in [-0.39, 0.29) is 30.5 Å². The number of rotatable bonds is 6. The number of benzene rings is 2. The molecule has 6 rings (SSSR count). The van der Waals surface area contributed by atoms with Crippen molar-refractivity contribution in [2.75, 3.05) is 59.0 Å². The smallest absolute Gasteiger partial charge is 0.381 e. The number of piperazine rings is 1. The van der Waals surface area contributed by atoms with E-state index in [9.17, 15) is 35.9 Å². The molecule has 0 bridgehead atoms. The van der Waals surface area contributed by atoms with E-state index in [0.717, 1.165) is 57.7 Å². The quantitative estimate of drug-likeness (QED) is 0.398. The minimum absolute atomic E-state index is 0.0348. The van der Waals surface area contributed by atoms with Gasteiger partial charge < -0.3 is 14.5 Å². The fourth-order valence-corrected chi connectivity index (χ4v) is 7.65. The van der Waals surface area contributed by atoms with Gasteiger partial charge in [0.1, 0.15) is 0 Å². The van der Waals surface area contributed by atoms with Crippen LogP contribution in [0.25, 0.3) is 0 Å². The Kier molecular flexibility index (Phi) is 9.87. The van der Waals surface area contributed by atoms with Crippen molar-refractivity contribution in [2.45, 2.75) is 62.6 Å². The second kappa shape index (κ2) is 13.8. The van der Waals surface area contributed by atoms with Gasteiger partial charge in [0.15, 0.2) is 0 Å². The zero-order chi connectivity index (χ0) is 33.3. The van der Waals surface area contributed by atoms with Crippen LogP contribution in [0.5, 0.6) is 0 Å². The van der Waals surface area contributed by atoms with Crippen LogP contribution in [0.15, 0.2) is 48.5 Å². The predicted molar refractivity (Wildman–Crippen MR) is 161 cm³/mol. The highest BCUT2D eigenvalue weighted by Crippen LogP contribution is 2.37. The predicted octanol–water partition coefficient (Wildman–Crippen LogP) is 5.20. The lowest BCUT2D eigenvalue weighted by atomic mass is 9.90. The second-order valence-electron chi connectivity index (χ2n) is 13.2. The summed E-state index contributed by atoms with van der Waals surface area (Å²) in [5, 5.41) is 0. The Morgan fingerprint density at radius 3 is 1.98 bits per heavy atom. The van der Waals surface area contributed by atoms with E-state index in [0.29, 0.717) is 50.7 Å². The number of carbonyl (C=O) groups is 2. The summed E-state index contributed by atoms with van der Waals surface area (Å²) in [6.45, 7) is 6.13. The topological polar surface area (TPSA) is 56.3 Å². The van der Waals surface area contributed by atoms with Crippen molar-refractivity contribution in [2.24, 2.45) is 5.92 Å². The summed E-state index contributed by atoms with van der Waals surface area (Å²) < 4.78 is 86.9. The lowest BCUT2D eigenvalue weighted by molar-refractivity contribution is -0.143. The van der Waals surface area contributed by atoms with Crippen LogP contribution in [0.2, 0.25) is 0 Å². The van der Waals surface area contributed by atoms with Crippen LogP contribution in [-0.4, -0.2) is 109 Å². The van der Waals surface area contributed by atoms with Crippen LogP contribution in [0.1, 0.15) is 52.7 Å². The normalized spacial score (nSPS) is 26.6. The van der Waals surface area contributed by atoms with Crippen molar-refractivity contribution >= 4 is 11.8 Å². The summed E-state index contributed by atoms with van der Waals surface area (Å²) in [7, 11) is 0. The van der Waals surface area contributed by atoms with E-state index in [1.54, 1.807) is 0 Å². The number of likely N-dealkylation sites (tertiary alicyclic amines) is 2. The molecule has 4 aliphatic rings. The van der Waals surface area contributed by atoms with Crippen molar-refractivity contribution in [3.8, 4) is 0 Å². The van der Waals surface area contributed by atoms with Gasteiger partial charge in [-0.2, -0.15) is 26.3 Å². The highest BCUT2D eigenvalue weighted by molar-refractivity contribution is 5.95. The molecule has 256 valence electrons. The molecule has 4 heterocycles. The van der Waals surface area contributed by atoms with Gasteiger partial charge in [0.25, 0.3) is 5.91 Å². The van der Waals surface area contributed by atoms with Gasteiger partial charge in [-0.25, -0.2) is 0 Å².